The van der Waals surface area contributed by atoms with Gasteiger partial charge in [0.05, 0.1) is 5.39 Å². The maximum atomic E-state index is 12.6. The molecule has 0 unspecified atom stereocenters. The Bertz CT molecular complexity index is 1200. The van der Waals surface area contributed by atoms with Gasteiger partial charge in [-0.15, -0.1) is 0 Å². The molecule has 0 aliphatic rings. The second-order valence-corrected chi connectivity index (χ2v) is 6.37. The lowest BCUT2D eigenvalue weighted by Gasteiger charge is -2.10. The van der Waals surface area contributed by atoms with Crippen LogP contribution in [0.3, 0.4) is 0 Å². The van der Waals surface area contributed by atoms with Gasteiger partial charge in [-0.3, -0.25) is 4.79 Å². The summed E-state index contributed by atoms with van der Waals surface area (Å²) >= 11 is 0. The van der Waals surface area contributed by atoms with Crippen LogP contribution < -0.4 is 10.2 Å². The number of benzene rings is 3. The Morgan fingerprint density at radius 3 is 2.38 bits per heavy atom. The Balaban J connectivity index is 1.60. The van der Waals surface area contributed by atoms with Gasteiger partial charge in [-0.1, -0.05) is 65.8 Å². The van der Waals surface area contributed by atoms with Crippen LogP contribution in [0.1, 0.15) is 5.56 Å². The van der Waals surface area contributed by atoms with Crippen LogP contribution in [0, 0.1) is 0 Å². The quantitative estimate of drug-likeness (QED) is 0.350. The van der Waals surface area contributed by atoms with Crippen molar-refractivity contribution in [1.82, 2.24) is 0 Å². The number of rotatable bonds is 6. The molecule has 0 aliphatic carbocycles. The van der Waals surface area contributed by atoms with Gasteiger partial charge in [-0.25, -0.2) is 0 Å². The number of fused-ring (bicyclic) bond motifs is 1. The molecule has 0 N–H and O–H groups in total. The molecule has 0 bridgehead atoms. The molecule has 0 radical (unpaired) electrons. The summed E-state index contributed by atoms with van der Waals surface area (Å²) in [6.45, 7) is 0.205. The van der Waals surface area contributed by atoms with Crippen LogP contribution in [-0.4, -0.2) is 19.4 Å². The highest BCUT2D eigenvalue weighted by molar-refractivity contribution is 6.01. The summed E-state index contributed by atoms with van der Waals surface area (Å²) < 4.78 is 11.8. The number of hydrogen-bond acceptors (Lipinski definition) is 5. The summed E-state index contributed by atoms with van der Waals surface area (Å²) in [4.78, 5) is 17.6. The molecule has 0 saturated heterocycles. The van der Waals surface area contributed by atoms with Crippen molar-refractivity contribution in [3.63, 3.8) is 0 Å². The third-order valence-corrected chi connectivity index (χ3v) is 4.44. The van der Waals surface area contributed by atoms with E-state index in [0.717, 1.165) is 11.1 Å². The van der Waals surface area contributed by atoms with Crippen LogP contribution in [-0.2, 0) is 4.84 Å². The van der Waals surface area contributed by atoms with E-state index >= 15 is 0 Å². The third kappa shape index (κ3) is 4.19. The van der Waals surface area contributed by atoms with Crippen LogP contribution in [0.15, 0.2) is 99.3 Å². The van der Waals surface area contributed by atoms with Gasteiger partial charge in [0.2, 0.25) is 0 Å². The van der Waals surface area contributed by atoms with E-state index in [4.69, 9.17) is 14.0 Å². The van der Waals surface area contributed by atoms with Crippen molar-refractivity contribution in [1.29, 1.82) is 0 Å². The highest BCUT2D eigenvalue weighted by Gasteiger charge is 2.10. The second-order valence-electron chi connectivity index (χ2n) is 6.37. The normalized spacial score (nSPS) is 11.4. The number of hydrogen-bond donors (Lipinski definition) is 0. The highest BCUT2D eigenvalue weighted by atomic mass is 16.6. The Labute approximate surface area is 167 Å². The standard InChI is InChI=1S/C24H19NO4/c1-27-25-21(17-8-4-2-5-9-17)16-28-19-12-13-23-20(14-19)22(26)15-24(29-23)18-10-6-3-7-11-18/h2-15H,16H2,1H3/b25-21-. The zero-order valence-corrected chi connectivity index (χ0v) is 15.9. The molecule has 0 atom stereocenters. The van der Waals surface area contributed by atoms with Crippen molar-refractivity contribution in [3.05, 3.63) is 101 Å². The highest BCUT2D eigenvalue weighted by Crippen LogP contribution is 2.24. The Kier molecular flexibility index (Phi) is 5.38. The first kappa shape index (κ1) is 18.5. The van der Waals surface area contributed by atoms with Gasteiger partial charge in [-0.05, 0) is 18.2 Å². The van der Waals surface area contributed by atoms with Crippen LogP contribution in [0.5, 0.6) is 5.75 Å². The van der Waals surface area contributed by atoms with Crippen molar-refractivity contribution in [3.8, 4) is 17.1 Å². The molecule has 1 aromatic heterocycles. The van der Waals surface area contributed by atoms with Crippen LogP contribution in [0.2, 0.25) is 0 Å². The SMILES string of the molecule is CO/N=C(/COc1ccc2oc(-c3ccccc3)cc(=O)c2c1)c1ccccc1. The van der Waals surface area contributed by atoms with Gasteiger partial charge in [0.25, 0.3) is 0 Å². The summed E-state index contributed by atoms with van der Waals surface area (Å²) in [6, 6.07) is 25.9. The van der Waals surface area contributed by atoms with Gasteiger partial charge < -0.3 is 14.0 Å². The first-order valence-corrected chi connectivity index (χ1v) is 9.16. The van der Waals surface area contributed by atoms with E-state index in [-0.39, 0.29) is 12.0 Å². The van der Waals surface area contributed by atoms with Crippen LogP contribution in [0.4, 0.5) is 0 Å². The first-order valence-electron chi connectivity index (χ1n) is 9.16. The molecular formula is C24H19NO4. The van der Waals surface area contributed by atoms with Crippen molar-refractivity contribution in [2.75, 3.05) is 13.7 Å². The van der Waals surface area contributed by atoms with Crippen LogP contribution in [0.25, 0.3) is 22.3 Å². The van der Waals surface area contributed by atoms with Crippen molar-refractivity contribution < 1.29 is 14.0 Å². The van der Waals surface area contributed by atoms with E-state index < -0.39 is 0 Å². The molecule has 0 fully saturated rings. The lowest BCUT2D eigenvalue weighted by atomic mass is 10.1. The lowest BCUT2D eigenvalue weighted by Crippen LogP contribution is -2.13. The molecule has 5 heteroatoms. The number of oxime groups is 1. The third-order valence-electron chi connectivity index (χ3n) is 4.44. The maximum Gasteiger partial charge on any atom is 0.193 e. The molecule has 4 aromatic rings. The van der Waals surface area contributed by atoms with Crippen molar-refractivity contribution in [2.24, 2.45) is 5.16 Å². The van der Waals surface area contributed by atoms with Crippen LogP contribution >= 0.6 is 0 Å². The smallest absolute Gasteiger partial charge is 0.193 e. The van der Waals surface area contributed by atoms with Gasteiger partial charge in [0, 0.05) is 17.2 Å². The van der Waals surface area contributed by atoms with Gasteiger partial charge >= 0.3 is 0 Å². The monoisotopic (exact) mass is 385 g/mol. The van der Waals surface area contributed by atoms with E-state index in [0.29, 0.717) is 28.2 Å². The Hall–Kier alpha value is -3.86. The minimum Gasteiger partial charge on any atom is -0.487 e. The zero-order valence-electron chi connectivity index (χ0n) is 15.9. The molecule has 0 saturated carbocycles. The minimum atomic E-state index is -0.121. The largest absolute Gasteiger partial charge is 0.487 e. The number of nitrogens with zero attached hydrogens (tertiary/aromatic N) is 1. The molecule has 0 spiro atoms. The predicted octanol–water partition coefficient (Wildman–Crippen LogP) is 4.89. The van der Waals surface area contributed by atoms with Gasteiger partial charge in [-0.2, -0.15) is 0 Å². The molecule has 0 amide bonds. The van der Waals surface area contributed by atoms with Gasteiger partial charge in [0.15, 0.2) is 5.43 Å². The number of ether oxygens (including phenoxy) is 1. The average molecular weight is 385 g/mol. The lowest BCUT2D eigenvalue weighted by molar-refractivity contribution is 0.210. The second kappa shape index (κ2) is 8.44. The first-order chi connectivity index (χ1) is 14.2. The van der Waals surface area contributed by atoms with Crippen molar-refractivity contribution in [2.45, 2.75) is 0 Å². The molecule has 3 aromatic carbocycles. The maximum absolute atomic E-state index is 12.6. The molecule has 1 heterocycles. The zero-order chi connectivity index (χ0) is 20.1. The van der Waals surface area contributed by atoms with E-state index in [1.807, 2.05) is 60.7 Å². The average Bonchev–Trinajstić information content (AvgIpc) is 2.78. The van der Waals surface area contributed by atoms with E-state index in [2.05, 4.69) is 5.16 Å². The topological polar surface area (TPSA) is 61.0 Å². The van der Waals surface area contributed by atoms with E-state index in [1.54, 1.807) is 18.2 Å². The molecule has 4 rings (SSSR count). The van der Waals surface area contributed by atoms with Gasteiger partial charge in [0.1, 0.15) is 36.5 Å². The Morgan fingerprint density at radius 1 is 0.931 bits per heavy atom. The van der Waals surface area contributed by atoms with Crippen molar-refractivity contribution >= 4 is 16.7 Å². The molecule has 0 aliphatic heterocycles. The summed E-state index contributed by atoms with van der Waals surface area (Å²) in [5, 5.41) is 4.51. The minimum absolute atomic E-state index is 0.121. The van der Waals surface area contributed by atoms with E-state index in [9.17, 15) is 4.79 Å². The summed E-state index contributed by atoms with van der Waals surface area (Å²) in [5.74, 6) is 1.09. The summed E-state index contributed by atoms with van der Waals surface area (Å²) in [7, 11) is 1.49. The molecule has 29 heavy (non-hydrogen) atoms. The molecule has 144 valence electrons. The summed E-state index contributed by atoms with van der Waals surface area (Å²) in [5.41, 5.74) is 2.80. The fraction of sp³-hybridized carbons (Fsp3) is 0.0833. The molecule has 5 nitrogen and oxygen atoms in total. The Morgan fingerprint density at radius 2 is 1.66 bits per heavy atom. The fourth-order valence-corrected chi connectivity index (χ4v) is 3.02. The fourth-order valence-electron chi connectivity index (χ4n) is 3.02. The van der Waals surface area contributed by atoms with E-state index in [1.165, 1.54) is 13.2 Å². The molecular weight excluding hydrogens is 366 g/mol. The predicted molar refractivity (Wildman–Crippen MR) is 113 cm³/mol. The summed E-state index contributed by atoms with van der Waals surface area (Å²) in [6.07, 6.45) is 0.